The highest BCUT2D eigenvalue weighted by Gasteiger charge is 2.46. The molecule has 1 amide bonds. The second-order valence-corrected chi connectivity index (χ2v) is 8.32. The Labute approximate surface area is 214 Å². The first-order valence-electron chi connectivity index (χ1n) is 11.7. The zero-order valence-electron chi connectivity index (χ0n) is 20.8. The summed E-state index contributed by atoms with van der Waals surface area (Å²) in [5.41, 5.74) is 1.99. The number of Topliss-reactive ketones (excluding diaryl/α,β-unsaturated/α-hetero) is 1. The standard InChI is InChI=1S/C29H27NO7/c1-4-37-29(34)20-12-10-18(11-13-20)17-30-25(19-8-6-5-7-9-19)24(27(32)28(30)33)26(31)22-15-14-21(35-2)16-23(22)36-3/h5-16,25,31H,4,17H2,1-3H3/b26-24-. The molecule has 8 nitrogen and oxygen atoms in total. The van der Waals surface area contributed by atoms with E-state index >= 15 is 0 Å². The van der Waals surface area contributed by atoms with Crippen molar-refractivity contribution in [2.45, 2.75) is 19.5 Å². The van der Waals surface area contributed by atoms with Crippen LogP contribution in [-0.4, -0.2) is 48.5 Å². The Morgan fingerprint density at radius 3 is 2.27 bits per heavy atom. The Balaban J connectivity index is 1.78. The number of ether oxygens (including phenoxy) is 3. The van der Waals surface area contributed by atoms with E-state index in [1.54, 1.807) is 73.7 Å². The summed E-state index contributed by atoms with van der Waals surface area (Å²) in [5.74, 6) is -1.51. The molecule has 8 heteroatoms. The Morgan fingerprint density at radius 2 is 1.65 bits per heavy atom. The number of rotatable bonds is 8. The summed E-state index contributed by atoms with van der Waals surface area (Å²) in [6.07, 6.45) is 0. The van der Waals surface area contributed by atoms with Gasteiger partial charge in [-0.3, -0.25) is 9.59 Å². The summed E-state index contributed by atoms with van der Waals surface area (Å²) in [6, 6.07) is 19.6. The lowest BCUT2D eigenvalue weighted by atomic mass is 9.95. The number of methoxy groups -OCH3 is 2. The van der Waals surface area contributed by atoms with Crippen LogP contribution in [0.3, 0.4) is 0 Å². The Bertz CT molecular complexity index is 1350. The molecule has 3 aromatic carbocycles. The van der Waals surface area contributed by atoms with E-state index in [2.05, 4.69) is 0 Å². The van der Waals surface area contributed by atoms with Crippen molar-refractivity contribution in [3.05, 3.63) is 101 Å². The van der Waals surface area contributed by atoms with Crippen LogP contribution in [0.5, 0.6) is 11.5 Å². The van der Waals surface area contributed by atoms with Crippen LogP contribution in [0.25, 0.3) is 5.76 Å². The van der Waals surface area contributed by atoms with Gasteiger partial charge in [-0.05, 0) is 42.3 Å². The summed E-state index contributed by atoms with van der Waals surface area (Å²) in [5, 5.41) is 11.4. The first kappa shape index (κ1) is 25.5. The van der Waals surface area contributed by atoms with Gasteiger partial charge in [-0.25, -0.2) is 4.79 Å². The number of ketones is 1. The Morgan fingerprint density at radius 1 is 0.946 bits per heavy atom. The van der Waals surface area contributed by atoms with Gasteiger partial charge in [0.1, 0.15) is 17.3 Å². The van der Waals surface area contributed by atoms with Crippen molar-refractivity contribution in [2.75, 3.05) is 20.8 Å². The van der Waals surface area contributed by atoms with Gasteiger partial charge in [0.15, 0.2) is 0 Å². The third kappa shape index (κ3) is 5.04. The molecule has 1 fully saturated rings. The quantitative estimate of drug-likeness (QED) is 0.210. The number of esters is 1. The number of nitrogens with zero attached hydrogens (tertiary/aromatic N) is 1. The van der Waals surface area contributed by atoms with Crippen molar-refractivity contribution in [3.8, 4) is 11.5 Å². The average Bonchev–Trinajstić information content (AvgIpc) is 3.18. The van der Waals surface area contributed by atoms with Crippen LogP contribution < -0.4 is 9.47 Å². The molecule has 0 spiro atoms. The highest BCUT2D eigenvalue weighted by Crippen LogP contribution is 2.42. The molecule has 3 aromatic rings. The summed E-state index contributed by atoms with van der Waals surface area (Å²) < 4.78 is 15.7. The predicted octanol–water partition coefficient (Wildman–Crippen LogP) is 4.50. The van der Waals surface area contributed by atoms with E-state index in [4.69, 9.17) is 14.2 Å². The van der Waals surface area contributed by atoms with Gasteiger partial charge in [-0.2, -0.15) is 0 Å². The fourth-order valence-corrected chi connectivity index (χ4v) is 4.32. The second kappa shape index (κ2) is 11.0. The molecule has 1 aliphatic heterocycles. The number of aliphatic hydroxyl groups excluding tert-OH is 1. The molecule has 1 heterocycles. The van der Waals surface area contributed by atoms with Crippen LogP contribution >= 0.6 is 0 Å². The number of benzene rings is 3. The van der Waals surface area contributed by atoms with Crippen LogP contribution in [0.4, 0.5) is 0 Å². The molecule has 1 atom stereocenters. The van der Waals surface area contributed by atoms with E-state index in [0.717, 1.165) is 0 Å². The van der Waals surface area contributed by atoms with Crippen molar-refractivity contribution in [3.63, 3.8) is 0 Å². The number of hydrogen-bond acceptors (Lipinski definition) is 7. The smallest absolute Gasteiger partial charge is 0.338 e. The molecule has 1 aliphatic rings. The zero-order valence-corrected chi connectivity index (χ0v) is 20.8. The van der Waals surface area contributed by atoms with Crippen molar-refractivity contribution in [1.82, 2.24) is 4.90 Å². The van der Waals surface area contributed by atoms with E-state index in [-0.39, 0.29) is 30.0 Å². The number of amides is 1. The largest absolute Gasteiger partial charge is 0.507 e. The minimum absolute atomic E-state index is 0.0391. The lowest BCUT2D eigenvalue weighted by Crippen LogP contribution is -2.29. The van der Waals surface area contributed by atoms with E-state index in [9.17, 15) is 19.5 Å². The van der Waals surface area contributed by atoms with E-state index in [1.165, 1.54) is 19.1 Å². The van der Waals surface area contributed by atoms with Gasteiger partial charge in [0.25, 0.3) is 11.7 Å². The number of hydrogen-bond donors (Lipinski definition) is 1. The van der Waals surface area contributed by atoms with Crippen molar-refractivity contribution in [1.29, 1.82) is 0 Å². The minimum atomic E-state index is -0.835. The Kier molecular flexibility index (Phi) is 7.57. The summed E-state index contributed by atoms with van der Waals surface area (Å²) in [6.45, 7) is 2.08. The molecule has 0 saturated carbocycles. The molecule has 190 valence electrons. The zero-order chi connectivity index (χ0) is 26.5. The third-order valence-corrected chi connectivity index (χ3v) is 6.14. The monoisotopic (exact) mass is 501 g/mol. The van der Waals surface area contributed by atoms with Gasteiger partial charge in [-0.15, -0.1) is 0 Å². The number of aliphatic hydroxyl groups is 1. The summed E-state index contributed by atoms with van der Waals surface area (Å²) >= 11 is 0. The molecule has 37 heavy (non-hydrogen) atoms. The van der Waals surface area contributed by atoms with Gasteiger partial charge in [0.2, 0.25) is 0 Å². The highest BCUT2D eigenvalue weighted by atomic mass is 16.5. The minimum Gasteiger partial charge on any atom is -0.507 e. The number of carbonyl (C=O) groups excluding carboxylic acids is 3. The van der Waals surface area contributed by atoms with Gasteiger partial charge >= 0.3 is 5.97 Å². The van der Waals surface area contributed by atoms with Gasteiger partial charge < -0.3 is 24.2 Å². The summed E-state index contributed by atoms with van der Waals surface area (Å²) in [7, 11) is 2.95. The maximum Gasteiger partial charge on any atom is 0.338 e. The topological polar surface area (TPSA) is 102 Å². The second-order valence-electron chi connectivity index (χ2n) is 8.32. The molecule has 4 rings (SSSR count). The molecule has 1 unspecified atom stereocenters. The fourth-order valence-electron chi connectivity index (χ4n) is 4.32. The lowest BCUT2D eigenvalue weighted by molar-refractivity contribution is -0.140. The predicted molar refractivity (Wildman–Crippen MR) is 136 cm³/mol. The molecule has 0 aliphatic carbocycles. The first-order chi connectivity index (χ1) is 17.9. The van der Waals surface area contributed by atoms with Crippen molar-refractivity contribution >= 4 is 23.4 Å². The molecule has 1 saturated heterocycles. The molecule has 0 bridgehead atoms. The van der Waals surface area contributed by atoms with Crippen LogP contribution in [0.2, 0.25) is 0 Å². The molecular formula is C29H27NO7. The van der Waals surface area contributed by atoms with Gasteiger partial charge in [0, 0.05) is 12.6 Å². The maximum atomic E-state index is 13.3. The first-order valence-corrected chi connectivity index (χ1v) is 11.7. The van der Waals surface area contributed by atoms with Crippen LogP contribution in [0, 0.1) is 0 Å². The number of carbonyl (C=O) groups is 3. The fraction of sp³-hybridized carbons (Fsp3) is 0.207. The van der Waals surface area contributed by atoms with Crippen LogP contribution in [0.15, 0.2) is 78.4 Å². The van der Waals surface area contributed by atoms with Crippen molar-refractivity contribution in [2.24, 2.45) is 0 Å². The van der Waals surface area contributed by atoms with E-state index in [1.807, 2.05) is 6.07 Å². The SMILES string of the molecule is CCOC(=O)c1ccc(CN2C(=O)C(=O)/C(=C(\O)c3ccc(OC)cc3OC)C2c2ccccc2)cc1. The highest BCUT2D eigenvalue weighted by molar-refractivity contribution is 6.46. The Hall–Kier alpha value is -4.59. The molecular weight excluding hydrogens is 474 g/mol. The maximum absolute atomic E-state index is 13.3. The summed E-state index contributed by atoms with van der Waals surface area (Å²) in [4.78, 5) is 40.0. The van der Waals surface area contributed by atoms with Gasteiger partial charge in [0.05, 0.1) is 43.6 Å². The normalized spacial score (nSPS) is 16.5. The molecule has 0 radical (unpaired) electrons. The number of likely N-dealkylation sites (tertiary alicyclic amines) is 1. The van der Waals surface area contributed by atoms with Crippen LogP contribution in [0.1, 0.15) is 40.0 Å². The van der Waals surface area contributed by atoms with Crippen LogP contribution in [-0.2, 0) is 20.9 Å². The van der Waals surface area contributed by atoms with Crippen molar-refractivity contribution < 1.29 is 33.7 Å². The molecule has 0 aromatic heterocycles. The van der Waals surface area contributed by atoms with E-state index in [0.29, 0.717) is 28.2 Å². The molecule has 1 N–H and O–H groups in total. The lowest BCUT2D eigenvalue weighted by Gasteiger charge is -2.25. The van der Waals surface area contributed by atoms with Gasteiger partial charge in [-0.1, -0.05) is 42.5 Å². The third-order valence-electron chi connectivity index (χ3n) is 6.14. The van der Waals surface area contributed by atoms with E-state index < -0.39 is 23.7 Å². The average molecular weight is 502 g/mol.